The van der Waals surface area contributed by atoms with Crippen molar-refractivity contribution >= 4 is 40.5 Å². The molecule has 0 atom stereocenters. The molecule has 0 aromatic heterocycles. The number of carbonyl (C=O) groups is 2. The molecule has 0 saturated heterocycles. The fourth-order valence-electron chi connectivity index (χ4n) is 2.79. The summed E-state index contributed by atoms with van der Waals surface area (Å²) >= 11 is 5.22. The van der Waals surface area contributed by atoms with Crippen LogP contribution in [0.1, 0.15) is 26.3 Å². The van der Waals surface area contributed by atoms with E-state index in [1.54, 1.807) is 54.6 Å². The number of para-hydroxylation sites is 1. The van der Waals surface area contributed by atoms with Crippen LogP contribution in [0.2, 0.25) is 0 Å². The first-order valence-corrected chi connectivity index (χ1v) is 9.60. The molecule has 0 heterocycles. The van der Waals surface area contributed by atoms with Gasteiger partial charge < -0.3 is 15.4 Å². The van der Waals surface area contributed by atoms with Crippen molar-refractivity contribution in [3.8, 4) is 5.75 Å². The Morgan fingerprint density at radius 1 is 0.833 bits per heavy atom. The maximum atomic E-state index is 12.4. The zero-order valence-corrected chi connectivity index (χ0v) is 17.4. The third-order valence-electron chi connectivity index (χ3n) is 4.26. The Labute approximate surface area is 180 Å². The summed E-state index contributed by atoms with van der Waals surface area (Å²) in [5.74, 6) is -0.0857. The first-order valence-electron chi connectivity index (χ1n) is 9.19. The van der Waals surface area contributed by atoms with Crippen molar-refractivity contribution in [3.63, 3.8) is 0 Å². The van der Waals surface area contributed by atoms with Gasteiger partial charge in [-0.05, 0) is 67.7 Å². The number of hydrogen-bond donors (Lipinski definition) is 3. The number of nitrogens with one attached hydrogen (secondary N) is 3. The van der Waals surface area contributed by atoms with Crippen molar-refractivity contribution in [3.05, 3.63) is 89.5 Å². The highest BCUT2D eigenvalue weighted by molar-refractivity contribution is 7.80. The molecule has 152 valence electrons. The SMILES string of the molecule is COc1ccccc1C(=O)NC(=S)Nc1ccc(NC(=O)c2cccc(C)c2)cc1. The summed E-state index contributed by atoms with van der Waals surface area (Å²) in [4.78, 5) is 24.7. The normalized spacial score (nSPS) is 10.1. The average Bonchev–Trinajstić information content (AvgIpc) is 2.75. The van der Waals surface area contributed by atoms with Crippen molar-refractivity contribution < 1.29 is 14.3 Å². The zero-order chi connectivity index (χ0) is 21.5. The van der Waals surface area contributed by atoms with Gasteiger partial charge in [0.05, 0.1) is 12.7 Å². The number of carbonyl (C=O) groups excluding carboxylic acids is 2. The summed E-state index contributed by atoms with van der Waals surface area (Å²) in [6.45, 7) is 1.94. The van der Waals surface area contributed by atoms with Crippen LogP contribution in [-0.4, -0.2) is 24.0 Å². The van der Waals surface area contributed by atoms with Crippen LogP contribution in [0.4, 0.5) is 11.4 Å². The quantitative estimate of drug-likeness (QED) is 0.535. The molecule has 3 aromatic rings. The molecule has 3 rings (SSSR count). The maximum Gasteiger partial charge on any atom is 0.261 e. The van der Waals surface area contributed by atoms with Gasteiger partial charge in [0.1, 0.15) is 5.75 Å². The number of amides is 2. The second-order valence-corrected chi connectivity index (χ2v) is 6.92. The van der Waals surface area contributed by atoms with Crippen LogP contribution in [-0.2, 0) is 0 Å². The summed E-state index contributed by atoms with van der Waals surface area (Å²) < 4.78 is 5.19. The zero-order valence-electron chi connectivity index (χ0n) is 16.6. The van der Waals surface area contributed by atoms with Gasteiger partial charge >= 0.3 is 0 Å². The first-order chi connectivity index (χ1) is 14.5. The van der Waals surface area contributed by atoms with Gasteiger partial charge in [0.2, 0.25) is 0 Å². The first kappa shape index (κ1) is 21.0. The van der Waals surface area contributed by atoms with Crippen LogP contribution < -0.4 is 20.7 Å². The molecule has 0 saturated carbocycles. The van der Waals surface area contributed by atoms with Crippen LogP contribution in [0, 0.1) is 6.92 Å². The molecule has 30 heavy (non-hydrogen) atoms. The molecular weight excluding hydrogens is 398 g/mol. The van der Waals surface area contributed by atoms with Crippen molar-refractivity contribution in [2.75, 3.05) is 17.7 Å². The van der Waals surface area contributed by atoms with Crippen LogP contribution in [0.3, 0.4) is 0 Å². The van der Waals surface area contributed by atoms with Crippen molar-refractivity contribution in [2.45, 2.75) is 6.92 Å². The van der Waals surface area contributed by atoms with E-state index in [0.717, 1.165) is 5.56 Å². The van der Waals surface area contributed by atoms with Gasteiger partial charge in [-0.25, -0.2) is 0 Å². The number of benzene rings is 3. The standard InChI is InChI=1S/C23H21N3O3S/c1-15-6-5-7-16(14-15)21(27)24-17-10-12-18(13-11-17)25-23(30)26-22(28)19-8-3-4-9-20(19)29-2/h3-14H,1-2H3,(H,24,27)(H2,25,26,28,30). The molecule has 7 heteroatoms. The predicted octanol–water partition coefficient (Wildman–Crippen LogP) is 4.38. The second-order valence-electron chi connectivity index (χ2n) is 6.51. The minimum Gasteiger partial charge on any atom is -0.496 e. The predicted molar refractivity (Wildman–Crippen MR) is 122 cm³/mol. The number of aryl methyl sites for hydroxylation is 1. The molecular formula is C23H21N3O3S. The molecule has 6 nitrogen and oxygen atoms in total. The Kier molecular flexibility index (Phi) is 6.77. The molecule has 3 aromatic carbocycles. The number of ether oxygens (including phenoxy) is 1. The molecule has 0 fully saturated rings. The number of anilines is 2. The lowest BCUT2D eigenvalue weighted by molar-refractivity contribution is 0.0973. The lowest BCUT2D eigenvalue weighted by Crippen LogP contribution is -2.34. The monoisotopic (exact) mass is 419 g/mol. The van der Waals surface area contributed by atoms with Gasteiger partial charge in [-0.15, -0.1) is 0 Å². The molecule has 0 radical (unpaired) electrons. The molecule has 3 N–H and O–H groups in total. The van der Waals surface area contributed by atoms with E-state index in [1.165, 1.54) is 7.11 Å². The van der Waals surface area contributed by atoms with Gasteiger partial charge in [0.25, 0.3) is 11.8 Å². The van der Waals surface area contributed by atoms with Gasteiger partial charge in [-0.3, -0.25) is 14.9 Å². The fraction of sp³-hybridized carbons (Fsp3) is 0.0870. The lowest BCUT2D eigenvalue weighted by Gasteiger charge is -2.12. The number of methoxy groups -OCH3 is 1. The van der Waals surface area contributed by atoms with Crippen LogP contribution in [0.25, 0.3) is 0 Å². The van der Waals surface area contributed by atoms with Gasteiger partial charge in [0.15, 0.2) is 5.11 Å². The van der Waals surface area contributed by atoms with Crippen molar-refractivity contribution in [1.82, 2.24) is 5.32 Å². The lowest BCUT2D eigenvalue weighted by atomic mass is 10.1. The van der Waals surface area contributed by atoms with E-state index in [1.807, 2.05) is 25.1 Å². The third-order valence-corrected chi connectivity index (χ3v) is 4.46. The third kappa shape index (κ3) is 5.42. The summed E-state index contributed by atoms with van der Waals surface area (Å²) in [7, 11) is 1.50. The summed E-state index contributed by atoms with van der Waals surface area (Å²) in [6, 6.07) is 21.3. The van der Waals surface area contributed by atoms with E-state index in [0.29, 0.717) is 28.3 Å². The van der Waals surface area contributed by atoms with E-state index in [2.05, 4.69) is 16.0 Å². The number of rotatable bonds is 5. The number of hydrogen-bond acceptors (Lipinski definition) is 4. The van der Waals surface area contributed by atoms with E-state index in [9.17, 15) is 9.59 Å². The number of thiocarbonyl (C=S) groups is 1. The maximum absolute atomic E-state index is 12.4. The van der Waals surface area contributed by atoms with Gasteiger partial charge in [-0.2, -0.15) is 0 Å². The highest BCUT2D eigenvalue weighted by atomic mass is 32.1. The summed E-state index contributed by atoms with van der Waals surface area (Å²) in [6.07, 6.45) is 0. The van der Waals surface area contributed by atoms with Gasteiger partial charge in [-0.1, -0.05) is 29.8 Å². The molecule has 0 spiro atoms. The Morgan fingerprint density at radius 3 is 2.17 bits per heavy atom. The smallest absolute Gasteiger partial charge is 0.261 e. The van der Waals surface area contributed by atoms with Crippen LogP contribution >= 0.6 is 12.2 Å². The topological polar surface area (TPSA) is 79.5 Å². The Morgan fingerprint density at radius 2 is 1.50 bits per heavy atom. The van der Waals surface area contributed by atoms with E-state index >= 15 is 0 Å². The Bertz CT molecular complexity index is 1080. The molecule has 0 aliphatic carbocycles. The minimum atomic E-state index is -0.369. The fourth-order valence-corrected chi connectivity index (χ4v) is 3.00. The van der Waals surface area contributed by atoms with Gasteiger partial charge in [0, 0.05) is 16.9 Å². The van der Waals surface area contributed by atoms with E-state index in [4.69, 9.17) is 17.0 Å². The summed E-state index contributed by atoms with van der Waals surface area (Å²) in [5.41, 5.74) is 3.33. The average molecular weight is 420 g/mol. The largest absolute Gasteiger partial charge is 0.496 e. The minimum absolute atomic E-state index is 0.155. The Hall–Kier alpha value is -3.71. The Balaban J connectivity index is 1.58. The van der Waals surface area contributed by atoms with Crippen LogP contribution in [0.15, 0.2) is 72.8 Å². The molecule has 0 aliphatic heterocycles. The highest BCUT2D eigenvalue weighted by Gasteiger charge is 2.13. The summed E-state index contributed by atoms with van der Waals surface area (Å²) in [5, 5.41) is 8.57. The second kappa shape index (κ2) is 9.67. The van der Waals surface area contributed by atoms with E-state index in [-0.39, 0.29) is 16.9 Å². The van der Waals surface area contributed by atoms with Crippen LogP contribution in [0.5, 0.6) is 5.75 Å². The van der Waals surface area contributed by atoms with E-state index < -0.39 is 0 Å². The molecule has 0 unspecified atom stereocenters. The van der Waals surface area contributed by atoms with Crippen molar-refractivity contribution in [2.24, 2.45) is 0 Å². The highest BCUT2D eigenvalue weighted by Crippen LogP contribution is 2.18. The molecule has 0 bridgehead atoms. The van der Waals surface area contributed by atoms with Crippen molar-refractivity contribution in [1.29, 1.82) is 0 Å². The molecule has 2 amide bonds. The molecule has 0 aliphatic rings.